The topological polar surface area (TPSA) is 46.1 Å². The maximum atomic E-state index is 5.96. The summed E-state index contributed by atoms with van der Waals surface area (Å²) in [6.45, 7) is 7.46. The zero-order valence-corrected chi connectivity index (χ0v) is 18.3. The number of aryl methyl sites for hydroxylation is 1. The van der Waals surface area contributed by atoms with Crippen LogP contribution in [-0.2, 0) is 15.9 Å². The first-order valence-electron chi connectivity index (χ1n) is 10.1. The monoisotopic (exact) mass is 439 g/mol. The molecular weight excluding hydrogens is 406 g/mol. The predicted molar refractivity (Wildman–Crippen MR) is 115 cm³/mol. The van der Waals surface area contributed by atoms with E-state index >= 15 is 0 Å². The van der Waals surface area contributed by atoms with E-state index in [9.17, 15) is 0 Å². The van der Waals surface area contributed by atoms with Crippen LogP contribution in [0.3, 0.4) is 0 Å². The average Bonchev–Trinajstić information content (AvgIpc) is 2.68. The third-order valence-electron chi connectivity index (χ3n) is 4.70. The van der Waals surface area contributed by atoms with Gasteiger partial charge in [-0.2, -0.15) is 0 Å². The van der Waals surface area contributed by atoms with Crippen LogP contribution in [0.15, 0.2) is 33.7 Å². The summed E-state index contributed by atoms with van der Waals surface area (Å²) in [6.07, 6.45) is 5.59. The van der Waals surface area contributed by atoms with Crippen LogP contribution < -0.4 is 5.32 Å². The van der Waals surface area contributed by atoms with Gasteiger partial charge >= 0.3 is 0 Å². The van der Waals surface area contributed by atoms with Crippen molar-refractivity contribution in [3.05, 3.63) is 34.3 Å². The summed E-state index contributed by atoms with van der Waals surface area (Å²) in [5.74, 6) is 1.05. The van der Waals surface area contributed by atoms with Crippen molar-refractivity contribution >= 4 is 21.9 Å². The summed E-state index contributed by atoms with van der Waals surface area (Å²) < 4.78 is 12.2. The van der Waals surface area contributed by atoms with E-state index < -0.39 is 0 Å². The van der Waals surface area contributed by atoms with Crippen molar-refractivity contribution in [2.24, 2.45) is 4.99 Å². The van der Waals surface area contributed by atoms with E-state index in [1.165, 1.54) is 5.56 Å². The molecule has 1 aromatic carbocycles. The maximum Gasteiger partial charge on any atom is 0.193 e. The molecule has 152 valence electrons. The highest BCUT2D eigenvalue weighted by Crippen LogP contribution is 2.15. The van der Waals surface area contributed by atoms with Crippen molar-refractivity contribution in [2.75, 3.05) is 46.5 Å². The smallest absolute Gasteiger partial charge is 0.193 e. The van der Waals surface area contributed by atoms with Crippen molar-refractivity contribution in [3.8, 4) is 0 Å². The summed E-state index contributed by atoms with van der Waals surface area (Å²) in [7, 11) is 1.73. The van der Waals surface area contributed by atoms with E-state index in [-0.39, 0.29) is 0 Å². The standard InChI is InChI=1S/C21H34BrN3O2/c1-3-23-21(24-12-5-8-18-7-4-9-19(22)17-18)25-13-10-20(11-14-25)27-16-6-15-26-2/h4,7,9,17,20H,3,5-6,8,10-16H2,1-2H3,(H,23,24). The number of nitrogens with one attached hydrogen (secondary N) is 1. The third kappa shape index (κ3) is 8.62. The highest BCUT2D eigenvalue weighted by atomic mass is 79.9. The second-order valence-electron chi connectivity index (χ2n) is 6.87. The molecule has 0 aliphatic carbocycles. The molecule has 1 aliphatic heterocycles. The molecule has 6 heteroatoms. The minimum absolute atomic E-state index is 0.373. The largest absolute Gasteiger partial charge is 0.385 e. The SMILES string of the molecule is CCNC(=NCCCc1cccc(Br)c1)N1CCC(OCCCOC)CC1. The first kappa shape index (κ1) is 22.2. The van der Waals surface area contributed by atoms with Gasteiger partial charge in [-0.15, -0.1) is 0 Å². The van der Waals surface area contributed by atoms with Crippen LogP contribution in [0.1, 0.15) is 38.2 Å². The van der Waals surface area contributed by atoms with E-state index in [1.54, 1.807) is 7.11 Å². The van der Waals surface area contributed by atoms with Crippen LogP contribution in [0, 0.1) is 0 Å². The molecule has 5 nitrogen and oxygen atoms in total. The van der Waals surface area contributed by atoms with Gasteiger partial charge in [0.15, 0.2) is 5.96 Å². The Hall–Kier alpha value is -1.11. The summed E-state index contributed by atoms with van der Waals surface area (Å²) in [4.78, 5) is 7.22. The van der Waals surface area contributed by atoms with Gasteiger partial charge < -0.3 is 19.7 Å². The Bertz CT molecular complexity index is 560. The van der Waals surface area contributed by atoms with Crippen molar-refractivity contribution in [1.82, 2.24) is 10.2 Å². The molecule has 1 N–H and O–H groups in total. The lowest BCUT2D eigenvalue weighted by Crippen LogP contribution is -2.47. The zero-order chi connectivity index (χ0) is 19.3. The van der Waals surface area contributed by atoms with Gasteiger partial charge in [-0.05, 0) is 56.7 Å². The fraction of sp³-hybridized carbons (Fsp3) is 0.667. The lowest BCUT2D eigenvalue weighted by molar-refractivity contribution is 0.00990. The lowest BCUT2D eigenvalue weighted by Gasteiger charge is -2.34. The molecule has 0 saturated carbocycles. The quantitative estimate of drug-likeness (QED) is 0.341. The first-order chi connectivity index (χ1) is 13.2. The number of hydrogen-bond acceptors (Lipinski definition) is 3. The number of likely N-dealkylation sites (tertiary alicyclic amines) is 1. The van der Waals surface area contributed by atoms with Gasteiger partial charge in [0.05, 0.1) is 6.10 Å². The number of rotatable bonds is 10. The molecule has 1 aliphatic rings. The van der Waals surface area contributed by atoms with Gasteiger partial charge in [-0.3, -0.25) is 4.99 Å². The van der Waals surface area contributed by atoms with E-state index in [4.69, 9.17) is 14.5 Å². The summed E-state index contributed by atoms with van der Waals surface area (Å²) in [5.41, 5.74) is 1.36. The Morgan fingerprint density at radius 1 is 1.26 bits per heavy atom. The molecule has 0 unspecified atom stereocenters. The molecule has 0 radical (unpaired) electrons. The van der Waals surface area contributed by atoms with E-state index in [0.717, 1.165) is 81.9 Å². The van der Waals surface area contributed by atoms with Gasteiger partial charge in [-0.1, -0.05) is 28.1 Å². The summed E-state index contributed by atoms with van der Waals surface area (Å²) >= 11 is 3.53. The zero-order valence-electron chi connectivity index (χ0n) is 16.8. The molecule has 1 heterocycles. The Labute approximate surface area is 172 Å². The molecule has 0 spiro atoms. The Kier molecular flexibility index (Phi) is 10.8. The van der Waals surface area contributed by atoms with Crippen LogP contribution in [0.2, 0.25) is 0 Å². The van der Waals surface area contributed by atoms with Crippen LogP contribution in [-0.4, -0.2) is 63.5 Å². The minimum atomic E-state index is 0.373. The van der Waals surface area contributed by atoms with Gasteiger partial charge in [0.25, 0.3) is 0 Å². The number of ether oxygens (including phenoxy) is 2. The number of benzene rings is 1. The van der Waals surface area contributed by atoms with Crippen LogP contribution in [0.4, 0.5) is 0 Å². The van der Waals surface area contributed by atoms with Crippen LogP contribution in [0.25, 0.3) is 0 Å². The predicted octanol–water partition coefficient (Wildman–Crippen LogP) is 3.86. The summed E-state index contributed by atoms with van der Waals surface area (Å²) in [5, 5.41) is 3.45. The highest BCUT2D eigenvalue weighted by Gasteiger charge is 2.21. The number of piperidine rings is 1. The number of methoxy groups -OCH3 is 1. The van der Waals surface area contributed by atoms with Gasteiger partial charge in [0, 0.05) is 51.0 Å². The fourth-order valence-electron chi connectivity index (χ4n) is 3.27. The molecule has 1 aromatic rings. The number of nitrogens with zero attached hydrogens (tertiary/aromatic N) is 2. The molecule has 2 rings (SSSR count). The fourth-order valence-corrected chi connectivity index (χ4v) is 3.72. The molecule has 0 bridgehead atoms. The Morgan fingerprint density at radius 2 is 2.07 bits per heavy atom. The minimum Gasteiger partial charge on any atom is -0.385 e. The summed E-state index contributed by atoms with van der Waals surface area (Å²) in [6, 6.07) is 8.52. The van der Waals surface area contributed by atoms with Crippen molar-refractivity contribution in [2.45, 2.75) is 45.1 Å². The highest BCUT2D eigenvalue weighted by molar-refractivity contribution is 9.10. The van der Waals surface area contributed by atoms with Gasteiger partial charge in [0.1, 0.15) is 0 Å². The molecule has 27 heavy (non-hydrogen) atoms. The Morgan fingerprint density at radius 3 is 2.78 bits per heavy atom. The lowest BCUT2D eigenvalue weighted by atomic mass is 10.1. The first-order valence-corrected chi connectivity index (χ1v) is 10.9. The second-order valence-corrected chi connectivity index (χ2v) is 7.79. The number of guanidine groups is 1. The number of aliphatic imine (C=N–C) groups is 1. The molecular formula is C21H34BrN3O2. The van der Waals surface area contributed by atoms with Gasteiger partial charge in [-0.25, -0.2) is 0 Å². The van der Waals surface area contributed by atoms with Crippen molar-refractivity contribution in [3.63, 3.8) is 0 Å². The number of halogens is 1. The molecule has 0 amide bonds. The number of hydrogen-bond donors (Lipinski definition) is 1. The van der Waals surface area contributed by atoms with Crippen LogP contribution >= 0.6 is 15.9 Å². The van der Waals surface area contributed by atoms with Crippen molar-refractivity contribution < 1.29 is 9.47 Å². The average molecular weight is 440 g/mol. The van der Waals surface area contributed by atoms with E-state index in [2.05, 4.69) is 57.3 Å². The molecule has 0 aromatic heterocycles. The molecule has 1 fully saturated rings. The maximum absolute atomic E-state index is 5.96. The van der Waals surface area contributed by atoms with E-state index in [0.29, 0.717) is 6.10 Å². The Balaban J connectivity index is 1.73. The van der Waals surface area contributed by atoms with Crippen molar-refractivity contribution in [1.29, 1.82) is 0 Å². The normalized spacial score (nSPS) is 16.0. The molecule has 1 saturated heterocycles. The second kappa shape index (κ2) is 13.1. The van der Waals surface area contributed by atoms with Gasteiger partial charge in [0.2, 0.25) is 0 Å². The molecule has 0 atom stereocenters. The third-order valence-corrected chi connectivity index (χ3v) is 5.19. The van der Waals surface area contributed by atoms with Crippen LogP contribution in [0.5, 0.6) is 0 Å². The van der Waals surface area contributed by atoms with E-state index in [1.807, 2.05) is 0 Å².